The summed E-state index contributed by atoms with van der Waals surface area (Å²) < 4.78 is 1.48. The van der Waals surface area contributed by atoms with Gasteiger partial charge in [-0.15, -0.1) is 0 Å². The van der Waals surface area contributed by atoms with Gasteiger partial charge in [-0.05, 0) is 32.5 Å². The van der Waals surface area contributed by atoms with Crippen LogP contribution in [0, 0.1) is 0 Å². The van der Waals surface area contributed by atoms with E-state index >= 15 is 0 Å². The molecule has 0 spiro atoms. The van der Waals surface area contributed by atoms with Crippen molar-refractivity contribution in [2.24, 2.45) is 0 Å². The Balaban J connectivity index is 1.34. The van der Waals surface area contributed by atoms with E-state index in [-0.39, 0.29) is 30.0 Å². The van der Waals surface area contributed by atoms with Crippen LogP contribution in [0.15, 0.2) is 36.4 Å². The average molecular weight is 482 g/mol. The van der Waals surface area contributed by atoms with E-state index in [1.165, 1.54) is 15.6 Å². The van der Waals surface area contributed by atoms with Crippen LogP contribution in [-0.4, -0.2) is 101 Å². The van der Waals surface area contributed by atoms with Crippen molar-refractivity contribution in [3.63, 3.8) is 0 Å². The Morgan fingerprint density at radius 2 is 1.77 bits per heavy atom. The summed E-state index contributed by atoms with van der Waals surface area (Å²) in [6.07, 6.45) is 0.852. The second-order valence-corrected chi connectivity index (χ2v) is 9.63. The van der Waals surface area contributed by atoms with E-state index in [2.05, 4.69) is 32.6 Å². The molecule has 4 rings (SSSR count). The Morgan fingerprint density at radius 1 is 1.06 bits per heavy atom. The van der Waals surface area contributed by atoms with Gasteiger partial charge in [0.1, 0.15) is 11.2 Å². The van der Waals surface area contributed by atoms with Gasteiger partial charge in [0.25, 0.3) is 11.8 Å². The van der Waals surface area contributed by atoms with Crippen LogP contribution in [0.4, 0.5) is 0 Å². The lowest BCUT2D eigenvalue weighted by molar-refractivity contribution is -0.132. The number of piperazine rings is 1. The maximum absolute atomic E-state index is 13.1. The standard InChI is InChI=1S/C25H35N7O3/c1-25(24(35)27-17-19-8-5-4-6-9-19)18-32-21(23(34)30(25)3)16-20(28-32)22(33)26-10-7-11-31-14-12-29(2)13-15-31/h4-6,8-9,16H,7,10-15,17-18H2,1-3H3,(H,26,33)(H,27,35)/t25-/m0/s1. The Labute approximate surface area is 206 Å². The average Bonchev–Trinajstić information content (AvgIpc) is 3.29. The molecule has 1 aromatic heterocycles. The Morgan fingerprint density at radius 3 is 2.49 bits per heavy atom. The highest BCUT2D eigenvalue weighted by molar-refractivity contribution is 6.01. The van der Waals surface area contributed by atoms with E-state index in [0.29, 0.717) is 18.8 Å². The molecular weight excluding hydrogens is 446 g/mol. The molecule has 2 aliphatic rings. The number of benzene rings is 1. The Kier molecular flexibility index (Phi) is 7.51. The Bertz CT molecular complexity index is 1060. The second kappa shape index (κ2) is 10.6. The number of nitrogens with zero attached hydrogens (tertiary/aromatic N) is 5. The monoisotopic (exact) mass is 481 g/mol. The summed E-state index contributed by atoms with van der Waals surface area (Å²) in [7, 11) is 3.74. The lowest BCUT2D eigenvalue weighted by Gasteiger charge is -2.40. The summed E-state index contributed by atoms with van der Waals surface area (Å²) in [4.78, 5) is 45.0. The number of aromatic nitrogens is 2. The molecule has 0 saturated carbocycles. The molecule has 2 aromatic rings. The van der Waals surface area contributed by atoms with E-state index in [1.54, 1.807) is 14.0 Å². The highest BCUT2D eigenvalue weighted by Gasteiger charge is 2.46. The molecule has 2 aliphatic heterocycles. The predicted octanol–water partition coefficient (Wildman–Crippen LogP) is 0.411. The fourth-order valence-corrected chi connectivity index (χ4v) is 4.47. The van der Waals surface area contributed by atoms with E-state index in [4.69, 9.17) is 0 Å². The lowest BCUT2D eigenvalue weighted by Crippen LogP contribution is -2.62. The summed E-state index contributed by atoms with van der Waals surface area (Å²) in [5.74, 6) is -0.917. The van der Waals surface area contributed by atoms with Crippen LogP contribution < -0.4 is 10.6 Å². The normalized spacial score (nSPS) is 21.0. The van der Waals surface area contributed by atoms with Gasteiger partial charge in [0.2, 0.25) is 5.91 Å². The van der Waals surface area contributed by atoms with Crippen molar-refractivity contribution in [3.05, 3.63) is 53.3 Å². The number of hydrogen-bond acceptors (Lipinski definition) is 6. The van der Waals surface area contributed by atoms with E-state index in [0.717, 1.165) is 44.7 Å². The number of carbonyl (C=O) groups excluding carboxylic acids is 3. The summed E-state index contributed by atoms with van der Waals surface area (Å²) in [6.45, 7) is 7.96. The van der Waals surface area contributed by atoms with Crippen LogP contribution >= 0.6 is 0 Å². The molecule has 1 fully saturated rings. The van der Waals surface area contributed by atoms with Crippen molar-refractivity contribution in [1.29, 1.82) is 0 Å². The molecule has 0 bridgehead atoms. The number of rotatable bonds is 8. The van der Waals surface area contributed by atoms with Crippen LogP contribution in [-0.2, 0) is 17.9 Å². The van der Waals surface area contributed by atoms with Gasteiger partial charge in [0.15, 0.2) is 5.69 Å². The van der Waals surface area contributed by atoms with Crippen LogP contribution in [0.2, 0.25) is 0 Å². The van der Waals surface area contributed by atoms with Crippen molar-refractivity contribution in [2.75, 3.05) is 53.4 Å². The van der Waals surface area contributed by atoms with E-state index in [9.17, 15) is 14.4 Å². The fourth-order valence-electron chi connectivity index (χ4n) is 4.47. The highest BCUT2D eigenvalue weighted by Crippen LogP contribution is 2.26. The molecule has 10 nitrogen and oxygen atoms in total. The summed E-state index contributed by atoms with van der Waals surface area (Å²) >= 11 is 0. The van der Waals surface area contributed by atoms with Gasteiger partial charge >= 0.3 is 0 Å². The van der Waals surface area contributed by atoms with Crippen LogP contribution in [0.3, 0.4) is 0 Å². The summed E-state index contributed by atoms with van der Waals surface area (Å²) in [5.41, 5.74) is 0.348. The van der Waals surface area contributed by atoms with Gasteiger partial charge in [-0.3, -0.25) is 19.1 Å². The number of carbonyl (C=O) groups is 3. The topological polar surface area (TPSA) is 103 Å². The molecule has 3 amide bonds. The first-order valence-electron chi connectivity index (χ1n) is 12.2. The summed E-state index contributed by atoms with van der Waals surface area (Å²) in [5, 5.41) is 10.2. The number of likely N-dealkylation sites (N-methyl/N-ethyl adjacent to an activating group) is 2. The van der Waals surface area contributed by atoms with Crippen molar-refractivity contribution in [3.8, 4) is 0 Å². The zero-order chi connectivity index (χ0) is 25.0. The van der Waals surface area contributed by atoms with Gasteiger partial charge in [-0.1, -0.05) is 30.3 Å². The van der Waals surface area contributed by atoms with Crippen LogP contribution in [0.5, 0.6) is 0 Å². The molecule has 10 heteroatoms. The number of fused-ring (bicyclic) bond motifs is 1. The van der Waals surface area contributed by atoms with Crippen molar-refractivity contribution < 1.29 is 14.4 Å². The molecule has 0 aliphatic carbocycles. The third-order valence-corrected chi connectivity index (χ3v) is 7.05. The predicted molar refractivity (Wildman–Crippen MR) is 132 cm³/mol. The first-order valence-corrected chi connectivity index (χ1v) is 12.2. The molecular formula is C25H35N7O3. The SMILES string of the molecule is CN1CCN(CCCNC(=O)c2cc3n(n2)C[C@@](C)(C(=O)NCc2ccccc2)N(C)C3=O)CC1. The number of nitrogens with one attached hydrogen (secondary N) is 2. The van der Waals surface area contributed by atoms with Gasteiger partial charge in [0.05, 0.1) is 6.54 Å². The van der Waals surface area contributed by atoms with Gasteiger partial charge in [-0.25, -0.2) is 0 Å². The smallest absolute Gasteiger partial charge is 0.272 e. The highest BCUT2D eigenvalue weighted by atomic mass is 16.2. The minimum Gasteiger partial charge on any atom is -0.351 e. The third-order valence-electron chi connectivity index (χ3n) is 7.05. The molecule has 0 radical (unpaired) electrons. The molecule has 1 aromatic carbocycles. The van der Waals surface area contributed by atoms with Gasteiger partial charge < -0.3 is 25.3 Å². The zero-order valence-electron chi connectivity index (χ0n) is 20.8. The quantitative estimate of drug-likeness (QED) is 0.530. The minimum absolute atomic E-state index is 0.169. The molecule has 1 atom stereocenters. The first-order chi connectivity index (χ1) is 16.8. The molecule has 1 saturated heterocycles. The molecule has 3 heterocycles. The van der Waals surface area contributed by atoms with Crippen LogP contribution in [0.1, 0.15) is 39.9 Å². The minimum atomic E-state index is -1.12. The molecule has 188 valence electrons. The van der Waals surface area contributed by atoms with Gasteiger partial charge in [-0.2, -0.15) is 5.10 Å². The van der Waals surface area contributed by atoms with Gasteiger partial charge in [0, 0.05) is 52.4 Å². The lowest BCUT2D eigenvalue weighted by atomic mass is 9.96. The summed E-state index contributed by atoms with van der Waals surface area (Å²) in [6, 6.07) is 11.1. The second-order valence-electron chi connectivity index (χ2n) is 9.63. The number of amides is 3. The van der Waals surface area contributed by atoms with Crippen LogP contribution in [0.25, 0.3) is 0 Å². The largest absolute Gasteiger partial charge is 0.351 e. The fraction of sp³-hybridized carbons (Fsp3) is 0.520. The van der Waals surface area contributed by atoms with Crippen molar-refractivity contribution >= 4 is 17.7 Å². The van der Waals surface area contributed by atoms with Crippen molar-refractivity contribution in [2.45, 2.75) is 32.0 Å². The molecule has 2 N–H and O–H groups in total. The van der Waals surface area contributed by atoms with E-state index < -0.39 is 5.54 Å². The zero-order valence-corrected chi connectivity index (χ0v) is 20.8. The first kappa shape index (κ1) is 24.9. The molecule has 0 unspecified atom stereocenters. The maximum Gasteiger partial charge on any atom is 0.272 e. The van der Waals surface area contributed by atoms with E-state index in [1.807, 2.05) is 30.3 Å². The third kappa shape index (κ3) is 5.54. The van der Waals surface area contributed by atoms with Crippen molar-refractivity contribution in [1.82, 2.24) is 35.1 Å². The maximum atomic E-state index is 13.1. The Hall–Kier alpha value is -3.24. The number of hydrogen-bond donors (Lipinski definition) is 2. The molecule has 35 heavy (non-hydrogen) atoms.